The summed E-state index contributed by atoms with van der Waals surface area (Å²) in [5.74, 6) is 1.55. The van der Waals surface area contributed by atoms with Crippen molar-refractivity contribution in [2.75, 3.05) is 32.1 Å². The van der Waals surface area contributed by atoms with Gasteiger partial charge >= 0.3 is 0 Å². The third-order valence-corrected chi connectivity index (χ3v) is 7.89. The first-order chi connectivity index (χ1) is 16.5. The number of carbonyl (C=O) groups is 2. The second kappa shape index (κ2) is 9.37. The molecule has 2 fully saturated rings. The summed E-state index contributed by atoms with van der Waals surface area (Å²) in [5, 5.41) is 2.91. The van der Waals surface area contributed by atoms with E-state index >= 15 is 0 Å². The molecule has 34 heavy (non-hydrogen) atoms. The highest BCUT2D eigenvalue weighted by Gasteiger charge is 2.50. The fourth-order valence-electron chi connectivity index (χ4n) is 5.97. The Bertz CT molecular complexity index is 1050. The third-order valence-electron chi connectivity index (χ3n) is 7.89. The van der Waals surface area contributed by atoms with Gasteiger partial charge in [0, 0.05) is 24.7 Å². The summed E-state index contributed by atoms with van der Waals surface area (Å²) in [7, 11) is 2.10. The number of aromatic nitrogens is 1. The monoisotopic (exact) mass is 462 g/mol. The standard InChI is InChI=1S/C27H34N4O3/c1-19-18-30(2)27(10-4-5-11-27)26(33)31(19)13-14-34-23-9-8-20-15-22(16-21(20)17-23)25(32)29-24-7-3-6-12-28-24/h3,6-9,12,17,19,22H,4-5,10-11,13-16,18H2,1-2H3,(H,28,29,32). The van der Waals surface area contributed by atoms with Crippen molar-refractivity contribution in [1.29, 1.82) is 0 Å². The minimum absolute atomic E-state index is 0.000719. The fourth-order valence-corrected chi connectivity index (χ4v) is 5.97. The number of piperazine rings is 1. The molecule has 5 rings (SSSR count). The maximum Gasteiger partial charge on any atom is 0.243 e. The predicted molar refractivity (Wildman–Crippen MR) is 131 cm³/mol. The number of hydrogen-bond acceptors (Lipinski definition) is 5. The molecule has 1 spiro atoms. The minimum atomic E-state index is -0.301. The smallest absolute Gasteiger partial charge is 0.243 e. The topological polar surface area (TPSA) is 74.8 Å². The molecule has 1 saturated heterocycles. The lowest BCUT2D eigenvalue weighted by atomic mass is 9.89. The van der Waals surface area contributed by atoms with Gasteiger partial charge in [0.2, 0.25) is 11.8 Å². The summed E-state index contributed by atoms with van der Waals surface area (Å²) in [6.07, 6.45) is 7.28. The van der Waals surface area contributed by atoms with E-state index in [1.54, 1.807) is 12.3 Å². The zero-order chi connectivity index (χ0) is 23.7. The van der Waals surface area contributed by atoms with E-state index in [9.17, 15) is 9.59 Å². The molecule has 1 aromatic carbocycles. The van der Waals surface area contributed by atoms with Gasteiger partial charge in [-0.2, -0.15) is 0 Å². The average molecular weight is 463 g/mol. The van der Waals surface area contributed by atoms with Gasteiger partial charge < -0.3 is 15.0 Å². The van der Waals surface area contributed by atoms with Crippen LogP contribution in [0, 0.1) is 5.92 Å². The number of anilines is 1. The van der Waals surface area contributed by atoms with Crippen molar-refractivity contribution in [3.05, 3.63) is 53.7 Å². The normalized spacial score (nSPS) is 23.8. The molecule has 180 valence electrons. The van der Waals surface area contributed by atoms with E-state index in [-0.39, 0.29) is 29.3 Å². The summed E-state index contributed by atoms with van der Waals surface area (Å²) in [6, 6.07) is 11.8. The number of nitrogens with zero attached hydrogens (tertiary/aromatic N) is 3. The van der Waals surface area contributed by atoms with Crippen LogP contribution in [0.3, 0.4) is 0 Å². The number of likely N-dealkylation sites (N-methyl/N-ethyl adjacent to an activating group) is 1. The summed E-state index contributed by atoms with van der Waals surface area (Å²) in [5.41, 5.74) is 2.05. The quantitative estimate of drug-likeness (QED) is 0.713. The van der Waals surface area contributed by atoms with Crippen molar-refractivity contribution < 1.29 is 14.3 Å². The Kier molecular flexibility index (Phi) is 6.30. The lowest BCUT2D eigenvalue weighted by molar-refractivity contribution is -0.154. The maximum absolute atomic E-state index is 13.4. The van der Waals surface area contributed by atoms with Crippen LogP contribution in [-0.4, -0.2) is 64.9 Å². The van der Waals surface area contributed by atoms with Crippen LogP contribution in [0.2, 0.25) is 0 Å². The lowest BCUT2D eigenvalue weighted by Gasteiger charge is -2.49. The van der Waals surface area contributed by atoms with Crippen LogP contribution >= 0.6 is 0 Å². The van der Waals surface area contributed by atoms with Crippen molar-refractivity contribution >= 4 is 17.6 Å². The van der Waals surface area contributed by atoms with Gasteiger partial charge in [-0.1, -0.05) is 25.0 Å². The van der Waals surface area contributed by atoms with E-state index in [0.29, 0.717) is 25.4 Å². The van der Waals surface area contributed by atoms with Crippen LogP contribution < -0.4 is 10.1 Å². The number of amides is 2. The summed E-state index contributed by atoms with van der Waals surface area (Å²) >= 11 is 0. The lowest BCUT2D eigenvalue weighted by Crippen LogP contribution is -2.66. The second-order valence-electron chi connectivity index (χ2n) is 10.1. The molecule has 2 aromatic rings. The molecule has 2 heterocycles. The van der Waals surface area contributed by atoms with Gasteiger partial charge in [0.05, 0.1) is 6.54 Å². The third kappa shape index (κ3) is 4.29. The Balaban J connectivity index is 1.16. The number of carbonyl (C=O) groups excluding carboxylic acids is 2. The molecular formula is C27H34N4O3. The van der Waals surface area contributed by atoms with E-state index in [0.717, 1.165) is 50.0 Å². The first-order valence-corrected chi connectivity index (χ1v) is 12.4. The zero-order valence-corrected chi connectivity index (χ0v) is 20.1. The van der Waals surface area contributed by atoms with Crippen LogP contribution in [-0.2, 0) is 22.4 Å². The highest BCUT2D eigenvalue weighted by molar-refractivity contribution is 5.92. The van der Waals surface area contributed by atoms with Crippen molar-refractivity contribution in [3.63, 3.8) is 0 Å². The summed E-state index contributed by atoms with van der Waals surface area (Å²) in [6.45, 7) is 4.11. The molecule has 2 atom stereocenters. The summed E-state index contributed by atoms with van der Waals surface area (Å²) < 4.78 is 6.08. The molecule has 1 saturated carbocycles. The number of ether oxygens (including phenoxy) is 1. The molecule has 2 amide bonds. The average Bonchev–Trinajstić information content (AvgIpc) is 3.49. The highest BCUT2D eigenvalue weighted by Crippen LogP contribution is 2.39. The molecular weight excluding hydrogens is 428 g/mol. The van der Waals surface area contributed by atoms with E-state index in [1.165, 1.54) is 5.56 Å². The molecule has 0 radical (unpaired) electrons. The highest BCUT2D eigenvalue weighted by atomic mass is 16.5. The van der Waals surface area contributed by atoms with Gasteiger partial charge in [-0.15, -0.1) is 0 Å². The van der Waals surface area contributed by atoms with Crippen molar-refractivity contribution in [1.82, 2.24) is 14.8 Å². The molecule has 1 aliphatic heterocycles. The molecule has 3 aliphatic rings. The van der Waals surface area contributed by atoms with Gasteiger partial charge in [-0.25, -0.2) is 4.98 Å². The van der Waals surface area contributed by atoms with Gasteiger partial charge in [-0.3, -0.25) is 14.5 Å². The van der Waals surface area contributed by atoms with Crippen LogP contribution in [0.1, 0.15) is 43.7 Å². The van der Waals surface area contributed by atoms with E-state index < -0.39 is 0 Å². The fraction of sp³-hybridized carbons (Fsp3) is 0.519. The molecule has 2 aliphatic carbocycles. The van der Waals surface area contributed by atoms with Crippen LogP contribution in [0.4, 0.5) is 5.82 Å². The number of rotatable bonds is 6. The second-order valence-corrected chi connectivity index (χ2v) is 10.1. The van der Waals surface area contributed by atoms with E-state index in [1.807, 2.05) is 23.1 Å². The van der Waals surface area contributed by atoms with Crippen LogP contribution in [0.5, 0.6) is 5.75 Å². The van der Waals surface area contributed by atoms with Gasteiger partial charge in [0.25, 0.3) is 0 Å². The summed E-state index contributed by atoms with van der Waals surface area (Å²) in [4.78, 5) is 34.6. The molecule has 0 bridgehead atoms. The molecule has 1 N–H and O–H groups in total. The van der Waals surface area contributed by atoms with Gasteiger partial charge in [0.1, 0.15) is 23.7 Å². The first kappa shape index (κ1) is 22.8. The molecule has 7 heteroatoms. The Morgan fingerprint density at radius 2 is 1.97 bits per heavy atom. The van der Waals surface area contributed by atoms with Crippen LogP contribution in [0.25, 0.3) is 0 Å². The minimum Gasteiger partial charge on any atom is -0.492 e. The molecule has 1 aromatic heterocycles. The van der Waals surface area contributed by atoms with Gasteiger partial charge in [-0.05, 0) is 75.0 Å². The zero-order valence-electron chi connectivity index (χ0n) is 20.1. The number of nitrogens with one attached hydrogen (secondary N) is 1. The number of pyridine rings is 1. The van der Waals surface area contributed by atoms with Gasteiger partial charge in [0.15, 0.2) is 0 Å². The Morgan fingerprint density at radius 1 is 1.18 bits per heavy atom. The molecule has 7 nitrogen and oxygen atoms in total. The number of fused-ring (bicyclic) bond motifs is 1. The largest absolute Gasteiger partial charge is 0.492 e. The van der Waals surface area contributed by atoms with Crippen molar-refractivity contribution in [2.45, 2.75) is 57.0 Å². The Morgan fingerprint density at radius 3 is 2.74 bits per heavy atom. The SMILES string of the molecule is CC1CN(C)C2(CCCC2)C(=O)N1CCOc1ccc2c(c1)CC(C(=O)Nc1ccccn1)C2. The van der Waals surface area contributed by atoms with Crippen molar-refractivity contribution in [3.8, 4) is 5.75 Å². The molecule has 2 unspecified atom stereocenters. The number of hydrogen-bond donors (Lipinski definition) is 1. The Labute approximate surface area is 201 Å². The van der Waals surface area contributed by atoms with E-state index in [4.69, 9.17) is 4.74 Å². The van der Waals surface area contributed by atoms with Crippen LogP contribution in [0.15, 0.2) is 42.6 Å². The first-order valence-electron chi connectivity index (χ1n) is 12.4. The Hall–Kier alpha value is -2.93. The predicted octanol–water partition coefficient (Wildman–Crippen LogP) is 3.29. The maximum atomic E-state index is 13.4. The van der Waals surface area contributed by atoms with E-state index in [2.05, 4.69) is 41.3 Å². The number of benzene rings is 1. The van der Waals surface area contributed by atoms with Crippen molar-refractivity contribution in [2.24, 2.45) is 5.92 Å².